The second-order valence-electron chi connectivity index (χ2n) is 2.05. The summed E-state index contributed by atoms with van der Waals surface area (Å²) in [7, 11) is 0. The zero-order chi connectivity index (χ0) is 8.27. The number of carboxylic acids is 1. The van der Waals surface area contributed by atoms with Crippen molar-refractivity contribution in [3.8, 4) is 0 Å². The molecular weight excluding hydrogens is 166 g/mol. The lowest BCUT2D eigenvalue weighted by molar-refractivity contribution is -0.138. The van der Waals surface area contributed by atoms with E-state index in [1.54, 1.807) is 0 Å². The van der Waals surface area contributed by atoms with Gasteiger partial charge in [-0.05, 0) is 0 Å². The van der Waals surface area contributed by atoms with Crippen molar-refractivity contribution < 1.29 is 9.90 Å². The monoisotopic (exact) mass is 173 g/mol. The van der Waals surface area contributed by atoms with Gasteiger partial charge in [-0.3, -0.25) is 4.79 Å². The van der Waals surface area contributed by atoms with E-state index in [1.165, 1.54) is 6.20 Å². The second-order valence-corrected chi connectivity index (χ2v) is 2.60. The highest BCUT2D eigenvalue weighted by molar-refractivity contribution is 6.99. The fourth-order valence-electron chi connectivity index (χ4n) is 0.587. The van der Waals surface area contributed by atoms with Crippen LogP contribution in [0.25, 0.3) is 0 Å². The smallest absolute Gasteiger partial charge is 0.320 e. The minimum absolute atomic E-state index is 0.242. The van der Waals surface area contributed by atoms with Gasteiger partial charge in [0.2, 0.25) is 0 Å². The van der Waals surface area contributed by atoms with E-state index in [-0.39, 0.29) is 6.42 Å². The van der Waals surface area contributed by atoms with Crippen LogP contribution in [0.15, 0.2) is 6.20 Å². The molecule has 0 amide bonds. The third-order valence-electron chi connectivity index (χ3n) is 1.15. The Labute approximate surface area is 67.2 Å². The van der Waals surface area contributed by atoms with E-state index in [4.69, 9.17) is 10.8 Å². The molecule has 60 valence electrons. The Balaban J connectivity index is 2.50. The van der Waals surface area contributed by atoms with Gasteiger partial charge < -0.3 is 10.8 Å². The third-order valence-corrected chi connectivity index (χ3v) is 1.67. The summed E-state index contributed by atoms with van der Waals surface area (Å²) in [5.41, 5.74) is 5.87. The van der Waals surface area contributed by atoms with Crippen LogP contribution in [0.1, 0.15) is 5.69 Å². The molecule has 3 N–H and O–H groups in total. The van der Waals surface area contributed by atoms with Gasteiger partial charge in [0.05, 0.1) is 23.6 Å². The lowest BCUT2D eigenvalue weighted by Gasteiger charge is -2.00. The molecule has 0 aliphatic carbocycles. The zero-order valence-corrected chi connectivity index (χ0v) is 6.41. The molecule has 0 saturated carbocycles. The van der Waals surface area contributed by atoms with Crippen LogP contribution in [0, 0.1) is 0 Å². The van der Waals surface area contributed by atoms with Crippen LogP contribution in [0.3, 0.4) is 0 Å². The summed E-state index contributed by atoms with van der Waals surface area (Å²) >= 11 is 1.04. The topological polar surface area (TPSA) is 89.1 Å². The van der Waals surface area contributed by atoms with Crippen LogP contribution in [0.2, 0.25) is 0 Å². The highest BCUT2D eigenvalue weighted by Crippen LogP contribution is 1.98. The number of hydrogen-bond donors (Lipinski definition) is 2. The number of rotatable bonds is 3. The van der Waals surface area contributed by atoms with E-state index in [2.05, 4.69) is 8.75 Å². The Morgan fingerprint density at radius 2 is 2.64 bits per heavy atom. The minimum Gasteiger partial charge on any atom is -0.480 e. The largest absolute Gasteiger partial charge is 0.480 e. The number of carbonyl (C=O) groups is 1. The summed E-state index contributed by atoms with van der Waals surface area (Å²) in [6.07, 6.45) is 1.76. The molecule has 0 fully saturated rings. The maximum atomic E-state index is 10.3. The molecule has 0 radical (unpaired) electrons. The summed E-state index contributed by atoms with van der Waals surface area (Å²) in [4.78, 5) is 10.3. The van der Waals surface area contributed by atoms with Gasteiger partial charge in [-0.15, -0.1) is 0 Å². The van der Waals surface area contributed by atoms with Crippen molar-refractivity contribution in [1.29, 1.82) is 0 Å². The molecule has 0 aromatic carbocycles. The molecule has 0 aliphatic rings. The molecule has 1 aromatic heterocycles. The van der Waals surface area contributed by atoms with Crippen molar-refractivity contribution in [2.75, 3.05) is 0 Å². The van der Waals surface area contributed by atoms with Crippen LogP contribution in [0.4, 0.5) is 0 Å². The molecule has 1 heterocycles. The number of aliphatic carboxylic acids is 1. The van der Waals surface area contributed by atoms with Crippen LogP contribution < -0.4 is 5.73 Å². The zero-order valence-electron chi connectivity index (χ0n) is 5.60. The lowest BCUT2D eigenvalue weighted by Crippen LogP contribution is -2.32. The first kappa shape index (κ1) is 8.09. The molecule has 0 aliphatic heterocycles. The van der Waals surface area contributed by atoms with E-state index >= 15 is 0 Å². The van der Waals surface area contributed by atoms with E-state index in [0.717, 1.165) is 11.7 Å². The molecule has 5 nitrogen and oxygen atoms in total. The fraction of sp³-hybridized carbons (Fsp3) is 0.400. The number of aromatic nitrogens is 2. The van der Waals surface area contributed by atoms with Crippen LogP contribution in [-0.2, 0) is 11.2 Å². The number of carboxylic acid groups (broad SMARTS) is 1. The van der Waals surface area contributed by atoms with E-state index in [1.807, 2.05) is 0 Å². The van der Waals surface area contributed by atoms with Gasteiger partial charge in [0.1, 0.15) is 6.04 Å². The summed E-state index contributed by atoms with van der Waals surface area (Å²) in [5, 5.41) is 8.41. The van der Waals surface area contributed by atoms with Crippen molar-refractivity contribution >= 4 is 17.7 Å². The van der Waals surface area contributed by atoms with Crippen molar-refractivity contribution in [2.24, 2.45) is 5.73 Å². The number of hydrogen-bond acceptors (Lipinski definition) is 5. The van der Waals surface area contributed by atoms with E-state index in [0.29, 0.717) is 5.69 Å². The van der Waals surface area contributed by atoms with Gasteiger partial charge in [-0.1, -0.05) is 0 Å². The number of nitrogens with zero attached hydrogens (tertiary/aromatic N) is 2. The predicted octanol–water partition coefficient (Wildman–Crippen LogP) is -0.507. The Hall–Kier alpha value is -1.01. The number of nitrogens with two attached hydrogens (primary N) is 1. The van der Waals surface area contributed by atoms with Gasteiger partial charge in [0, 0.05) is 6.42 Å². The van der Waals surface area contributed by atoms with E-state index < -0.39 is 12.0 Å². The van der Waals surface area contributed by atoms with Crippen LogP contribution in [-0.4, -0.2) is 25.9 Å². The molecule has 0 unspecified atom stereocenters. The molecule has 0 spiro atoms. The molecule has 0 bridgehead atoms. The minimum atomic E-state index is -1.02. The van der Waals surface area contributed by atoms with Crippen molar-refractivity contribution in [1.82, 2.24) is 8.75 Å². The van der Waals surface area contributed by atoms with E-state index in [9.17, 15) is 4.79 Å². The highest BCUT2D eigenvalue weighted by atomic mass is 32.1. The Bertz CT molecular complexity index is 236. The molecular formula is C5H7N3O2S. The average Bonchev–Trinajstić information content (AvgIpc) is 2.39. The molecule has 6 heteroatoms. The van der Waals surface area contributed by atoms with Crippen LogP contribution in [0.5, 0.6) is 0 Å². The van der Waals surface area contributed by atoms with Crippen molar-refractivity contribution in [3.63, 3.8) is 0 Å². The summed E-state index contributed by atoms with van der Waals surface area (Å²) in [5.74, 6) is -1.02. The molecule has 1 rings (SSSR count). The first-order valence-corrected chi connectivity index (χ1v) is 3.68. The second kappa shape index (κ2) is 3.40. The van der Waals surface area contributed by atoms with Crippen LogP contribution >= 0.6 is 11.7 Å². The normalized spacial score (nSPS) is 12.8. The first-order valence-electron chi connectivity index (χ1n) is 2.95. The molecule has 1 atom stereocenters. The first-order chi connectivity index (χ1) is 5.20. The van der Waals surface area contributed by atoms with Gasteiger partial charge in [0.25, 0.3) is 0 Å². The van der Waals surface area contributed by atoms with Gasteiger partial charge in [0.15, 0.2) is 0 Å². The van der Waals surface area contributed by atoms with Gasteiger partial charge in [-0.25, -0.2) is 0 Å². The Kier molecular flexibility index (Phi) is 2.50. The summed E-state index contributed by atoms with van der Waals surface area (Å²) in [6, 6.07) is -0.876. The summed E-state index contributed by atoms with van der Waals surface area (Å²) in [6.45, 7) is 0. The van der Waals surface area contributed by atoms with Crippen molar-refractivity contribution in [3.05, 3.63) is 11.9 Å². The predicted molar refractivity (Wildman–Crippen MR) is 39.2 cm³/mol. The lowest BCUT2D eigenvalue weighted by atomic mass is 10.2. The van der Waals surface area contributed by atoms with Crippen molar-refractivity contribution in [2.45, 2.75) is 12.5 Å². The third kappa shape index (κ3) is 2.24. The molecule has 0 saturated heterocycles. The Morgan fingerprint density at radius 1 is 1.91 bits per heavy atom. The molecule has 11 heavy (non-hydrogen) atoms. The fourth-order valence-corrected chi connectivity index (χ4v) is 1.03. The standard InChI is InChI=1S/C5H7N3O2S/c6-4(5(9)10)1-3-2-7-11-8-3/h2,4H,1,6H2,(H,9,10)/t4-/m0/s1. The van der Waals surface area contributed by atoms with Gasteiger partial charge >= 0.3 is 5.97 Å². The SMILES string of the molecule is N[C@@H](Cc1cnsn1)C(=O)O. The van der Waals surface area contributed by atoms with Gasteiger partial charge in [-0.2, -0.15) is 8.75 Å². The molecule has 1 aromatic rings. The quantitative estimate of drug-likeness (QED) is 0.642. The maximum Gasteiger partial charge on any atom is 0.320 e. The summed E-state index contributed by atoms with van der Waals surface area (Å²) < 4.78 is 7.54. The highest BCUT2D eigenvalue weighted by Gasteiger charge is 2.12. The Morgan fingerprint density at radius 3 is 3.09 bits per heavy atom. The average molecular weight is 173 g/mol. The maximum absolute atomic E-state index is 10.3.